The first-order valence-corrected chi connectivity index (χ1v) is 11.8. The van der Waals surface area contributed by atoms with E-state index in [9.17, 15) is 0 Å². The van der Waals surface area contributed by atoms with Gasteiger partial charge in [-0.1, -0.05) is 149 Å². The molecule has 0 spiro atoms. The minimum Gasteiger partial charge on any atom is -0.0654 e. The molecule has 0 N–H and O–H groups in total. The summed E-state index contributed by atoms with van der Waals surface area (Å²) in [6.07, 6.45) is 29.3. The van der Waals surface area contributed by atoms with E-state index in [1.165, 1.54) is 128 Å². The van der Waals surface area contributed by atoms with Gasteiger partial charge in [-0.2, -0.15) is 0 Å². The monoisotopic (exact) mass is 338 g/mol. The second kappa shape index (κ2) is 21.0. The summed E-state index contributed by atoms with van der Waals surface area (Å²) in [7, 11) is 0. The van der Waals surface area contributed by atoms with Gasteiger partial charge in [0.15, 0.2) is 0 Å². The van der Waals surface area contributed by atoms with Crippen molar-refractivity contribution < 1.29 is 0 Å². The summed E-state index contributed by atoms with van der Waals surface area (Å²) in [5, 5.41) is 0. The van der Waals surface area contributed by atoms with E-state index in [-0.39, 0.29) is 0 Å². The number of unbranched alkanes of at least 4 members (excludes halogenated alkanes) is 14. The van der Waals surface area contributed by atoms with Crippen molar-refractivity contribution in [2.45, 2.75) is 149 Å². The first-order valence-electron chi connectivity index (χ1n) is 11.8. The van der Waals surface area contributed by atoms with E-state index in [1.54, 1.807) is 0 Å². The van der Waals surface area contributed by atoms with Crippen LogP contribution >= 0.6 is 0 Å². The van der Waals surface area contributed by atoms with E-state index < -0.39 is 0 Å². The lowest BCUT2D eigenvalue weighted by Gasteiger charge is -2.16. The summed E-state index contributed by atoms with van der Waals surface area (Å²) < 4.78 is 0. The summed E-state index contributed by atoms with van der Waals surface area (Å²) in [4.78, 5) is 0. The minimum atomic E-state index is 1.04. The summed E-state index contributed by atoms with van der Waals surface area (Å²) in [6, 6.07) is 0. The van der Waals surface area contributed by atoms with Crippen molar-refractivity contribution in [3.05, 3.63) is 0 Å². The quantitative estimate of drug-likeness (QED) is 0.194. The average molecular weight is 339 g/mol. The van der Waals surface area contributed by atoms with E-state index in [0.29, 0.717) is 0 Å². The highest BCUT2D eigenvalue weighted by atomic mass is 14.1. The SMILES string of the molecule is CCCCCCCCCCCCCC(CCCC)CCCCCC. The summed E-state index contributed by atoms with van der Waals surface area (Å²) in [5.74, 6) is 1.04. The largest absolute Gasteiger partial charge is 0.0654 e. The normalized spacial score (nSPS) is 12.6. The van der Waals surface area contributed by atoms with Crippen LogP contribution in [0.1, 0.15) is 149 Å². The van der Waals surface area contributed by atoms with Gasteiger partial charge in [0.1, 0.15) is 0 Å². The lowest BCUT2D eigenvalue weighted by atomic mass is 9.90. The van der Waals surface area contributed by atoms with Crippen molar-refractivity contribution in [1.82, 2.24) is 0 Å². The van der Waals surface area contributed by atoms with Gasteiger partial charge in [-0.25, -0.2) is 0 Å². The molecular weight excluding hydrogens is 288 g/mol. The molecule has 0 nitrogen and oxygen atoms in total. The van der Waals surface area contributed by atoms with Gasteiger partial charge < -0.3 is 0 Å². The standard InChI is InChI=1S/C24H50/c1-4-7-10-12-13-14-15-16-17-18-20-23-24(21-9-6-3)22-19-11-8-5-2/h24H,4-23H2,1-3H3. The summed E-state index contributed by atoms with van der Waals surface area (Å²) in [6.45, 7) is 6.97. The van der Waals surface area contributed by atoms with Crippen LogP contribution < -0.4 is 0 Å². The Labute approximate surface area is 155 Å². The molecule has 0 aliphatic heterocycles. The van der Waals surface area contributed by atoms with Crippen molar-refractivity contribution >= 4 is 0 Å². The lowest BCUT2D eigenvalue weighted by molar-refractivity contribution is 0.371. The molecule has 1 unspecified atom stereocenters. The highest BCUT2D eigenvalue weighted by Crippen LogP contribution is 2.23. The van der Waals surface area contributed by atoms with E-state index in [4.69, 9.17) is 0 Å². The predicted octanol–water partition coefficient (Wildman–Crippen LogP) is 9.46. The van der Waals surface area contributed by atoms with Gasteiger partial charge in [-0.05, 0) is 5.92 Å². The molecule has 0 fully saturated rings. The molecule has 0 aliphatic carbocycles. The summed E-state index contributed by atoms with van der Waals surface area (Å²) >= 11 is 0. The Morgan fingerprint density at radius 1 is 0.333 bits per heavy atom. The zero-order chi connectivity index (χ0) is 17.7. The topological polar surface area (TPSA) is 0 Å². The fourth-order valence-electron chi connectivity index (χ4n) is 3.88. The Kier molecular flexibility index (Phi) is 21.0. The molecule has 0 aromatic rings. The molecular formula is C24H50. The second-order valence-electron chi connectivity index (χ2n) is 8.18. The molecule has 0 bridgehead atoms. The number of hydrogen-bond donors (Lipinski definition) is 0. The molecule has 0 radical (unpaired) electrons. The lowest BCUT2D eigenvalue weighted by Crippen LogP contribution is -2.01. The van der Waals surface area contributed by atoms with Gasteiger partial charge in [-0.15, -0.1) is 0 Å². The Hall–Kier alpha value is 0. The summed E-state index contributed by atoms with van der Waals surface area (Å²) in [5.41, 5.74) is 0. The molecule has 0 heterocycles. The van der Waals surface area contributed by atoms with E-state index in [1.807, 2.05) is 0 Å². The molecule has 0 aromatic carbocycles. The first kappa shape index (κ1) is 24.0. The van der Waals surface area contributed by atoms with Gasteiger partial charge in [0.25, 0.3) is 0 Å². The van der Waals surface area contributed by atoms with Crippen LogP contribution in [0.5, 0.6) is 0 Å². The first-order chi connectivity index (χ1) is 11.8. The van der Waals surface area contributed by atoms with E-state index in [0.717, 1.165) is 5.92 Å². The Balaban J connectivity index is 3.44. The second-order valence-corrected chi connectivity index (χ2v) is 8.18. The fraction of sp³-hybridized carbons (Fsp3) is 1.00. The zero-order valence-corrected chi connectivity index (χ0v) is 17.7. The van der Waals surface area contributed by atoms with Crippen LogP contribution in [0, 0.1) is 5.92 Å². The highest BCUT2D eigenvalue weighted by molar-refractivity contribution is 4.61. The van der Waals surface area contributed by atoms with Gasteiger partial charge in [0.2, 0.25) is 0 Å². The van der Waals surface area contributed by atoms with Crippen LogP contribution in [0.3, 0.4) is 0 Å². The molecule has 0 saturated heterocycles. The predicted molar refractivity (Wildman–Crippen MR) is 113 cm³/mol. The molecule has 0 aliphatic rings. The van der Waals surface area contributed by atoms with Crippen LogP contribution in [-0.2, 0) is 0 Å². The Morgan fingerprint density at radius 3 is 1.04 bits per heavy atom. The molecule has 1 atom stereocenters. The van der Waals surface area contributed by atoms with E-state index >= 15 is 0 Å². The van der Waals surface area contributed by atoms with Gasteiger partial charge in [0.05, 0.1) is 0 Å². The van der Waals surface area contributed by atoms with Crippen LogP contribution in [0.4, 0.5) is 0 Å². The van der Waals surface area contributed by atoms with Crippen molar-refractivity contribution in [3.8, 4) is 0 Å². The third kappa shape index (κ3) is 18.3. The Bertz CT molecular complexity index is 208. The van der Waals surface area contributed by atoms with Crippen molar-refractivity contribution in [3.63, 3.8) is 0 Å². The zero-order valence-electron chi connectivity index (χ0n) is 17.7. The molecule has 24 heavy (non-hydrogen) atoms. The maximum absolute atomic E-state index is 2.34. The number of hydrogen-bond acceptors (Lipinski definition) is 0. The maximum atomic E-state index is 2.34. The minimum absolute atomic E-state index is 1.04. The molecule has 146 valence electrons. The third-order valence-electron chi connectivity index (χ3n) is 5.65. The van der Waals surface area contributed by atoms with Crippen LogP contribution in [0.2, 0.25) is 0 Å². The molecule has 0 saturated carbocycles. The third-order valence-corrected chi connectivity index (χ3v) is 5.65. The van der Waals surface area contributed by atoms with Crippen molar-refractivity contribution in [2.24, 2.45) is 5.92 Å². The number of rotatable bonds is 20. The van der Waals surface area contributed by atoms with Crippen LogP contribution in [0.15, 0.2) is 0 Å². The fourth-order valence-corrected chi connectivity index (χ4v) is 3.88. The van der Waals surface area contributed by atoms with Gasteiger partial charge >= 0.3 is 0 Å². The molecule has 0 aromatic heterocycles. The van der Waals surface area contributed by atoms with E-state index in [2.05, 4.69) is 20.8 Å². The highest BCUT2D eigenvalue weighted by Gasteiger charge is 2.07. The average Bonchev–Trinajstić information content (AvgIpc) is 2.60. The van der Waals surface area contributed by atoms with Crippen LogP contribution in [0.25, 0.3) is 0 Å². The van der Waals surface area contributed by atoms with Crippen molar-refractivity contribution in [1.29, 1.82) is 0 Å². The van der Waals surface area contributed by atoms with Crippen molar-refractivity contribution in [2.75, 3.05) is 0 Å². The van der Waals surface area contributed by atoms with Gasteiger partial charge in [-0.3, -0.25) is 0 Å². The molecule has 0 heteroatoms. The smallest absolute Gasteiger partial charge is 0.0414 e. The van der Waals surface area contributed by atoms with Gasteiger partial charge in [0, 0.05) is 0 Å². The molecule has 0 rings (SSSR count). The maximum Gasteiger partial charge on any atom is -0.0414 e. The molecule has 0 amide bonds. The van der Waals surface area contributed by atoms with Crippen LogP contribution in [-0.4, -0.2) is 0 Å². The Morgan fingerprint density at radius 2 is 0.625 bits per heavy atom.